The molecule has 1 rings (SSSR count). The van der Waals surface area contributed by atoms with Crippen LogP contribution in [0.3, 0.4) is 0 Å². The molecule has 0 aromatic heterocycles. The minimum Gasteiger partial charge on any atom is -0.377 e. The topological polar surface area (TPSA) is 3.24 Å². The molecule has 1 aromatic rings. The smallest absolute Gasteiger partial charge is 0.0499 e. The minimum atomic E-state index is 1.30. The quantitative estimate of drug-likeness (QED) is 0.712. The van der Waals surface area contributed by atoms with Crippen molar-refractivity contribution < 1.29 is 0 Å². The van der Waals surface area contributed by atoms with E-state index in [4.69, 9.17) is 0 Å². The van der Waals surface area contributed by atoms with Crippen LogP contribution in [0.15, 0.2) is 12.1 Å². The molecule has 0 amide bonds. The van der Waals surface area contributed by atoms with Crippen LogP contribution in [0.25, 0.3) is 0 Å². The zero-order chi connectivity index (χ0) is 9.30. The predicted molar refractivity (Wildman–Crippen MR) is 63.0 cm³/mol. The molecule has 0 aliphatic rings. The molecule has 1 nitrogen and oxygen atoms in total. The molecule has 0 saturated heterocycles. The fraction of sp³-hybridized carbons (Fsp3) is 0.400. The fourth-order valence-electron chi connectivity index (χ4n) is 1.11. The van der Waals surface area contributed by atoms with Crippen LogP contribution >= 0.6 is 22.6 Å². The Labute approximate surface area is 87.9 Å². The molecule has 1 aromatic carbocycles. The van der Waals surface area contributed by atoms with E-state index in [-0.39, 0.29) is 0 Å². The zero-order valence-electron chi connectivity index (χ0n) is 7.98. The van der Waals surface area contributed by atoms with Crippen molar-refractivity contribution in [2.75, 3.05) is 19.0 Å². The summed E-state index contributed by atoms with van der Waals surface area (Å²) in [4.78, 5) is 2.15. The molecule has 0 atom stereocenters. The van der Waals surface area contributed by atoms with Gasteiger partial charge in [0.25, 0.3) is 0 Å². The van der Waals surface area contributed by atoms with Crippen LogP contribution in [0.2, 0.25) is 0 Å². The van der Waals surface area contributed by atoms with E-state index < -0.39 is 0 Å². The van der Waals surface area contributed by atoms with E-state index in [1.165, 1.54) is 20.4 Å². The maximum absolute atomic E-state index is 2.38. The molecular weight excluding hydrogens is 261 g/mol. The Kier molecular flexibility index (Phi) is 2.99. The minimum absolute atomic E-state index is 1.30. The Hall–Kier alpha value is -0.250. The molecule has 0 aliphatic heterocycles. The van der Waals surface area contributed by atoms with Crippen molar-refractivity contribution in [3.05, 3.63) is 26.8 Å². The summed E-state index contributed by atoms with van der Waals surface area (Å²) >= 11 is 2.38. The van der Waals surface area contributed by atoms with E-state index in [0.29, 0.717) is 0 Å². The highest BCUT2D eigenvalue weighted by Gasteiger charge is 2.03. The van der Waals surface area contributed by atoms with Gasteiger partial charge in [-0.1, -0.05) is 0 Å². The number of nitrogens with zero attached hydrogens (tertiary/aromatic N) is 1. The third kappa shape index (κ3) is 1.91. The molecule has 0 spiro atoms. The van der Waals surface area contributed by atoms with Crippen molar-refractivity contribution in [2.45, 2.75) is 13.8 Å². The lowest BCUT2D eigenvalue weighted by atomic mass is 10.1. The third-order valence-electron chi connectivity index (χ3n) is 2.04. The first-order chi connectivity index (χ1) is 5.52. The first kappa shape index (κ1) is 9.84. The third-order valence-corrected chi connectivity index (χ3v) is 2.91. The van der Waals surface area contributed by atoms with Crippen LogP contribution < -0.4 is 4.90 Å². The highest BCUT2D eigenvalue weighted by atomic mass is 127. The highest BCUT2D eigenvalue weighted by molar-refractivity contribution is 14.1. The van der Waals surface area contributed by atoms with Gasteiger partial charge in [-0.25, -0.2) is 0 Å². The average Bonchev–Trinajstić information content (AvgIpc) is 1.96. The van der Waals surface area contributed by atoms with Crippen LogP contribution in [0.5, 0.6) is 0 Å². The van der Waals surface area contributed by atoms with Gasteiger partial charge >= 0.3 is 0 Å². The lowest BCUT2D eigenvalue weighted by Crippen LogP contribution is -2.10. The van der Waals surface area contributed by atoms with Crippen LogP contribution in [0.1, 0.15) is 11.1 Å². The van der Waals surface area contributed by atoms with E-state index in [0.717, 1.165) is 0 Å². The van der Waals surface area contributed by atoms with Crippen LogP contribution in [0, 0.1) is 17.4 Å². The first-order valence-electron chi connectivity index (χ1n) is 3.96. The standard InChI is InChI=1S/C10H14IN/c1-7-5-9(11)10(12(3)4)6-8(7)2/h5-6H,1-4H3. The van der Waals surface area contributed by atoms with Crippen LogP contribution in [-0.2, 0) is 0 Å². The second-order valence-electron chi connectivity index (χ2n) is 3.28. The molecule has 0 radical (unpaired) electrons. The average molecular weight is 275 g/mol. The number of benzene rings is 1. The molecule has 0 bridgehead atoms. The largest absolute Gasteiger partial charge is 0.377 e. The van der Waals surface area contributed by atoms with E-state index >= 15 is 0 Å². The number of aryl methyl sites for hydroxylation is 2. The summed E-state index contributed by atoms with van der Waals surface area (Å²) in [5, 5.41) is 0. The number of halogens is 1. The van der Waals surface area contributed by atoms with Crippen molar-refractivity contribution in [1.82, 2.24) is 0 Å². The molecule has 12 heavy (non-hydrogen) atoms. The van der Waals surface area contributed by atoms with Gasteiger partial charge in [-0.15, -0.1) is 0 Å². The highest BCUT2D eigenvalue weighted by Crippen LogP contribution is 2.24. The molecular formula is C10H14IN. The van der Waals surface area contributed by atoms with Gasteiger partial charge in [-0.2, -0.15) is 0 Å². The summed E-state index contributed by atoms with van der Waals surface area (Å²) in [7, 11) is 4.15. The SMILES string of the molecule is Cc1cc(I)c(N(C)C)cc1C. The Balaban J connectivity index is 3.23. The van der Waals surface area contributed by atoms with Gasteiger partial charge < -0.3 is 4.90 Å². The monoisotopic (exact) mass is 275 g/mol. The lowest BCUT2D eigenvalue weighted by molar-refractivity contribution is 1.11. The predicted octanol–water partition coefficient (Wildman–Crippen LogP) is 2.97. The van der Waals surface area contributed by atoms with Gasteiger partial charge in [0.1, 0.15) is 0 Å². The summed E-state index contributed by atoms with van der Waals surface area (Å²) < 4.78 is 1.32. The molecule has 2 heteroatoms. The maximum atomic E-state index is 2.38. The molecule has 0 fully saturated rings. The van der Waals surface area contributed by atoms with Gasteiger partial charge in [0, 0.05) is 23.4 Å². The number of rotatable bonds is 1. The van der Waals surface area contributed by atoms with E-state index in [1.54, 1.807) is 0 Å². The summed E-state index contributed by atoms with van der Waals surface area (Å²) in [6, 6.07) is 4.46. The van der Waals surface area contributed by atoms with Gasteiger partial charge in [-0.3, -0.25) is 0 Å². The molecule has 0 saturated carbocycles. The van der Waals surface area contributed by atoms with E-state index in [1.807, 2.05) is 0 Å². The zero-order valence-corrected chi connectivity index (χ0v) is 10.1. The van der Waals surface area contributed by atoms with Gasteiger partial charge in [-0.05, 0) is 59.7 Å². The van der Waals surface area contributed by atoms with Crippen molar-refractivity contribution in [3.63, 3.8) is 0 Å². The number of anilines is 1. The normalized spacial score (nSPS) is 10.1. The van der Waals surface area contributed by atoms with Gasteiger partial charge in [0.05, 0.1) is 0 Å². The fourth-order valence-corrected chi connectivity index (χ4v) is 2.21. The summed E-state index contributed by atoms with van der Waals surface area (Å²) in [6.45, 7) is 4.30. The second-order valence-corrected chi connectivity index (χ2v) is 4.44. The Morgan fingerprint density at radius 2 is 1.58 bits per heavy atom. The van der Waals surface area contributed by atoms with Gasteiger partial charge in [0.15, 0.2) is 0 Å². The van der Waals surface area contributed by atoms with Crippen LogP contribution in [-0.4, -0.2) is 14.1 Å². The molecule has 0 heterocycles. The van der Waals surface area contributed by atoms with Crippen molar-refractivity contribution in [2.24, 2.45) is 0 Å². The number of hydrogen-bond donors (Lipinski definition) is 0. The van der Waals surface area contributed by atoms with Crippen molar-refractivity contribution in [3.8, 4) is 0 Å². The van der Waals surface area contributed by atoms with Crippen molar-refractivity contribution in [1.29, 1.82) is 0 Å². The lowest BCUT2D eigenvalue weighted by Gasteiger charge is -2.16. The van der Waals surface area contributed by atoms with E-state index in [9.17, 15) is 0 Å². The Morgan fingerprint density at radius 1 is 1.08 bits per heavy atom. The Bertz CT molecular complexity index is 292. The summed E-state index contributed by atoms with van der Waals surface area (Å²) in [6.07, 6.45) is 0. The molecule has 0 unspecified atom stereocenters. The molecule has 66 valence electrons. The van der Waals surface area contributed by atoms with Gasteiger partial charge in [0.2, 0.25) is 0 Å². The molecule has 0 N–H and O–H groups in total. The summed E-state index contributed by atoms with van der Waals surface area (Å²) in [5.41, 5.74) is 4.03. The summed E-state index contributed by atoms with van der Waals surface area (Å²) in [5.74, 6) is 0. The Morgan fingerprint density at radius 3 is 2.08 bits per heavy atom. The van der Waals surface area contributed by atoms with Crippen molar-refractivity contribution >= 4 is 28.3 Å². The van der Waals surface area contributed by atoms with E-state index in [2.05, 4.69) is 67.6 Å². The number of hydrogen-bond acceptors (Lipinski definition) is 1. The second kappa shape index (κ2) is 3.64. The first-order valence-corrected chi connectivity index (χ1v) is 5.04. The molecule has 0 aliphatic carbocycles. The maximum Gasteiger partial charge on any atom is 0.0499 e. The van der Waals surface area contributed by atoms with Crippen LogP contribution in [0.4, 0.5) is 5.69 Å².